The van der Waals surface area contributed by atoms with Crippen LogP contribution in [-0.2, 0) is 5.41 Å². The van der Waals surface area contributed by atoms with Crippen LogP contribution in [0, 0.1) is 0 Å². The second-order valence-corrected chi connectivity index (χ2v) is 12.1. The van der Waals surface area contributed by atoms with Gasteiger partial charge in [-0.15, -0.1) is 11.3 Å². The van der Waals surface area contributed by atoms with Gasteiger partial charge in [0.1, 0.15) is 0 Å². The lowest BCUT2D eigenvalue weighted by molar-refractivity contribution is 0.660. The molecule has 6 aromatic carbocycles. The fourth-order valence-electron chi connectivity index (χ4n) is 6.49. The molecule has 186 valence electrons. The summed E-state index contributed by atoms with van der Waals surface area (Å²) < 4.78 is 2.69. The smallest absolute Gasteiger partial charge is 0.0468 e. The Bertz CT molecular complexity index is 2050. The summed E-state index contributed by atoms with van der Waals surface area (Å²) in [7, 11) is 0. The van der Waals surface area contributed by atoms with Crippen molar-refractivity contribution in [2.75, 3.05) is 4.90 Å². The third-order valence-corrected chi connectivity index (χ3v) is 9.66. The monoisotopic (exact) mass is 517 g/mol. The zero-order chi connectivity index (χ0) is 26.1. The molecule has 0 amide bonds. The van der Waals surface area contributed by atoms with Crippen molar-refractivity contribution < 1.29 is 0 Å². The van der Waals surface area contributed by atoms with E-state index >= 15 is 0 Å². The Hall–Kier alpha value is -4.40. The summed E-state index contributed by atoms with van der Waals surface area (Å²) in [5.41, 5.74) is 8.96. The zero-order valence-corrected chi connectivity index (χ0v) is 22.8. The van der Waals surface area contributed by atoms with Crippen LogP contribution in [0.1, 0.15) is 25.0 Å². The topological polar surface area (TPSA) is 3.24 Å². The summed E-state index contributed by atoms with van der Waals surface area (Å²) in [6.45, 7) is 4.70. The van der Waals surface area contributed by atoms with E-state index < -0.39 is 0 Å². The first-order valence-electron chi connectivity index (χ1n) is 13.5. The van der Waals surface area contributed by atoms with E-state index in [-0.39, 0.29) is 5.41 Å². The third-order valence-electron chi connectivity index (χ3n) is 8.44. The predicted molar refractivity (Wildman–Crippen MR) is 169 cm³/mol. The number of fused-ring (bicyclic) bond motifs is 8. The summed E-state index contributed by atoms with van der Waals surface area (Å²) in [5.74, 6) is 0. The van der Waals surface area contributed by atoms with Gasteiger partial charge in [-0.25, -0.2) is 0 Å². The molecule has 1 heterocycles. The van der Waals surface area contributed by atoms with Gasteiger partial charge in [0.2, 0.25) is 0 Å². The highest BCUT2D eigenvalue weighted by atomic mass is 32.1. The van der Waals surface area contributed by atoms with Gasteiger partial charge in [0, 0.05) is 48.0 Å². The van der Waals surface area contributed by atoms with E-state index in [9.17, 15) is 0 Å². The minimum absolute atomic E-state index is 0.0447. The van der Waals surface area contributed by atoms with Crippen LogP contribution in [0.25, 0.3) is 42.1 Å². The normalized spacial score (nSPS) is 13.6. The summed E-state index contributed by atoms with van der Waals surface area (Å²) >= 11 is 1.89. The van der Waals surface area contributed by atoms with Crippen molar-refractivity contribution in [3.8, 4) is 11.1 Å². The average Bonchev–Trinajstić information content (AvgIpc) is 3.47. The van der Waals surface area contributed by atoms with Gasteiger partial charge in [-0.2, -0.15) is 0 Å². The van der Waals surface area contributed by atoms with Crippen molar-refractivity contribution >= 4 is 59.3 Å². The maximum atomic E-state index is 2.41. The van der Waals surface area contributed by atoms with Gasteiger partial charge in [-0.1, -0.05) is 98.8 Å². The Labute approximate surface area is 232 Å². The maximum Gasteiger partial charge on any atom is 0.0468 e. The molecule has 0 unspecified atom stereocenters. The molecule has 1 aliphatic rings. The largest absolute Gasteiger partial charge is 0.310 e. The molecule has 39 heavy (non-hydrogen) atoms. The Morgan fingerprint density at radius 1 is 0.513 bits per heavy atom. The van der Waals surface area contributed by atoms with E-state index in [1.165, 1.54) is 64.6 Å². The fraction of sp³-hybridized carbons (Fsp3) is 0.0811. The molecule has 0 fully saturated rings. The van der Waals surface area contributed by atoms with Crippen molar-refractivity contribution in [2.24, 2.45) is 0 Å². The van der Waals surface area contributed by atoms with Crippen LogP contribution in [-0.4, -0.2) is 0 Å². The second-order valence-electron chi connectivity index (χ2n) is 11.0. The molecule has 0 atom stereocenters. The number of benzene rings is 6. The predicted octanol–water partition coefficient (Wildman–Crippen LogP) is 11.0. The van der Waals surface area contributed by atoms with Crippen LogP contribution >= 0.6 is 11.3 Å². The van der Waals surface area contributed by atoms with Crippen molar-refractivity contribution in [1.82, 2.24) is 0 Å². The minimum Gasteiger partial charge on any atom is -0.310 e. The molecule has 2 heteroatoms. The maximum absolute atomic E-state index is 2.41. The summed E-state index contributed by atoms with van der Waals surface area (Å²) in [6.07, 6.45) is 0. The number of rotatable bonds is 3. The van der Waals surface area contributed by atoms with Crippen molar-refractivity contribution in [2.45, 2.75) is 19.3 Å². The van der Waals surface area contributed by atoms with E-state index in [1.807, 2.05) is 11.3 Å². The van der Waals surface area contributed by atoms with E-state index in [0.717, 1.165) is 5.69 Å². The molecule has 1 nitrogen and oxygen atoms in total. The van der Waals surface area contributed by atoms with Gasteiger partial charge in [0.05, 0.1) is 0 Å². The lowest BCUT2D eigenvalue weighted by Crippen LogP contribution is -2.16. The summed E-state index contributed by atoms with van der Waals surface area (Å²) in [6, 6.07) is 46.8. The van der Waals surface area contributed by atoms with Gasteiger partial charge in [0.15, 0.2) is 0 Å². The van der Waals surface area contributed by atoms with E-state index in [2.05, 4.69) is 146 Å². The fourth-order valence-corrected chi connectivity index (χ4v) is 7.71. The van der Waals surface area contributed by atoms with Gasteiger partial charge in [0.25, 0.3) is 0 Å². The van der Waals surface area contributed by atoms with E-state index in [4.69, 9.17) is 0 Å². The zero-order valence-electron chi connectivity index (χ0n) is 22.0. The van der Waals surface area contributed by atoms with E-state index in [0.29, 0.717) is 0 Å². The molecular weight excluding hydrogens is 490 g/mol. The standard InChI is InChI=1S/C37H27NS/c1-37(2)33-14-8-6-12-28(33)29-21-19-27(23-34(29)37)38(25-10-4-3-5-11-25)26-18-16-24-17-20-31-30-13-7-9-15-35(30)39-36(31)32(24)22-26/h3-23H,1-2H3. The van der Waals surface area contributed by atoms with Crippen LogP contribution < -0.4 is 4.90 Å². The Kier molecular flexibility index (Phi) is 4.80. The highest BCUT2D eigenvalue weighted by Crippen LogP contribution is 2.50. The molecular formula is C37H27NS. The quantitative estimate of drug-likeness (QED) is 0.225. The molecule has 8 rings (SSSR count). The third kappa shape index (κ3) is 3.32. The van der Waals surface area contributed by atoms with E-state index in [1.54, 1.807) is 0 Å². The molecule has 0 bridgehead atoms. The Morgan fingerprint density at radius 2 is 1.21 bits per heavy atom. The van der Waals surface area contributed by atoms with Gasteiger partial charge in [-0.05, 0) is 70.1 Å². The molecule has 1 aliphatic carbocycles. The number of anilines is 3. The summed E-state index contributed by atoms with van der Waals surface area (Å²) in [5, 5.41) is 5.26. The first-order valence-corrected chi connectivity index (χ1v) is 14.3. The number of nitrogens with zero attached hydrogens (tertiary/aromatic N) is 1. The average molecular weight is 518 g/mol. The van der Waals surface area contributed by atoms with Crippen molar-refractivity contribution in [3.63, 3.8) is 0 Å². The van der Waals surface area contributed by atoms with Crippen molar-refractivity contribution in [1.29, 1.82) is 0 Å². The highest BCUT2D eigenvalue weighted by molar-refractivity contribution is 7.26. The minimum atomic E-state index is -0.0447. The van der Waals surface area contributed by atoms with Crippen LogP contribution in [0.2, 0.25) is 0 Å². The number of para-hydroxylation sites is 1. The van der Waals surface area contributed by atoms with Gasteiger partial charge >= 0.3 is 0 Å². The van der Waals surface area contributed by atoms with Crippen LogP contribution in [0.5, 0.6) is 0 Å². The molecule has 0 spiro atoms. The molecule has 0 aliphatic heterocycles. The molecule has 0 radical (unpaired) electrons. The number of thiophene rings is 1. The number of hydrogen-bond donors (Lipinski definition) is 0. The Morgan fingerprint density at radius 3 is 2.10 bits per heavy atom. The first kappa shape index (κ1) is 22.6. The lowest BCUT2D eigenvalue weighted by atomic mass is 9.82. The second kappa shape index (κ2) is 8.30. The SMILES string of the molecule is CC1(C)c2ccccc2-c2ccc(N(c3ccccc3)c3ccc4ccc5c6ccccc6sc5c4c3)cc21. The van der Waals surface area contributed by atoms with Gasteiger partial charge in [-0.3, -0.25) is 0 Å². The van der Waals surface area contributed by atoms with Crippen LogP contribution in [0.15, 0.2) is 127 Å². The molecule has 0 N–H and O–H groups in total. The van der Waals surface area contributed by atoms with Crippen molar-refractivity contribution in [3.05, 3.63) is 139 Å². The van der Waals surface area contributed by atoms with Crippen LogP contribution in [0.3, 0.4) is 0 Å². The molecule has 0 saturated carbocycles. The summed E-state index contributed by atoms with van der Waals surface area (Å²) in [4.78, 5) is 2.41. The van der Waals surface area contributed by atoms with Crippen LogP contribution in [0.4, 0.5) is 17.1 Å². The number of hydrogen-bond acceptors (Lipinski definition) is 2. The Balaban J connectivity index is 1.35. The first-order chi connectivity index (χ1) is 19.1. The molecule has 0 saturated heterocycles. The molecule has 1 aromatic heterocycles. The highest BCUT2D eigenvalue weighted by Gasteiger charge is 2.35. The van der Waals surface area contributed by atoms with Gasteiger partial charge < -0.3 is 4.90 Å². The molecule has 7 aromatic rings. The lowest BCUT2D eigenvalue weighted by Gasteiger charge is -2.28.